The van der Waals surface area contributed by atoms with E-state index in [-0.39, 0.29) is 0 Å². The molecule has 1 nitrogen and oxygen atoms in total. The SMILES string of the molecule is C=C1CO[C@H](C)[C@H]1C(C)C. The van der Waals surface area contributed by atoms with Crippen LogP contribution in [0.1, 0.15) is 20.8 Å². The Morgan fingerprint density at radius 1 is 1.60 bits per heavy atom. The molecule has 1 aliphatic rings. The quantitative estimate of drug-likeness (QED) is 0.507. The smallest absolute Gasteiger partial charge is 0.0681 e. The third-order valence-corrected chi connectivity index (χ3v) is 2.23. The Hall–Kier alpha value is -0.300. The second kappa shape index (κ2) is 2.75. The second-order valence-corrected chi connectivity index (χ2v) is 3.44. The summed E-state index contributed by atoms with van der Waals surface area (Å²) in [5, 5.41) is 0. The molecule has 0 radical (unpaired) electrons. The van der Waals surface area contributed by atoms with Gasteiger partial charge in [0.1, 0.15) is 0 Å². The van der Waals surface area contributed by atoms with E-state index in [1.807, 2.05) is 0 Å². The maximum Gasteiger partial charge on any atom is 0.0681 e. The van der Waals surface area contributed by atoms with Gasteiger partial charge in [0.05, 0.1) is 12.7 Å². The molecule has 0 aromatic rings. The van der Waals surface area contributed by atoms with Crippen molar-refractivity contribution in [3.05, 3.63) is 12.2 Å². The first-order valence-corrected chi connectivity index (χ1v) is 3.92. The van der Waals surface area contributed by atoms with Gasteiger partial charge in [-0.05, 0) is 18.4 Å². The van der Waals surface area contributed by atoms with Gasteiger partial charge in [0.2, 0.25) is 0 Å². The topological polar surface area (TPSA) is 9.23 Å². The fourth-order valence-electron chi connectivity index (χ4n) is 1.78. The summed E-state index contributed by atoms with van der Waals surface area (Å²) in [6.45, 7) is 11.3. The van der Waals surface area contributed by atoms with E-state index >= 15 is 0 Å². The predicted molar refractivity (Wildman–Crippen MR) is 42.9 cm³/mol. The summed E-state index contributed by atoms with van der Waals surface area (Å²) in [6, 6.07) is 0. The maximum atomic E-state index is 5.44. The molecular weight excluding hydrogens is 124 g/mol. The molecule has 10 heavy (non-hydrogen) atoms. The molecule has 0 unspecified atom stereocenters. The Morgan fingerprint density at radius 2 is 2.20 bits per heavy atom. The molecular formula is C9H16O. The van der Waals surface area contributed by atoms with Crippen molar-refractivity contribution < 1.29 is 4.74 Å². The first kappa shape index (κ1) is 7.80. The van der Waals surface area contributed by atoms with Crippen LogP contribution >= 0.6 is 0 Å². The third kappa shape index (κ3) is 1.24. The van der Waals surface area contributed by atoms with E-state index < -0.39 is 0 Å². The minimum Gasteiger partial charge on any atom is -0.374 e. The molecule has 0 spiro atoms. The van der Waals surface area contributed by atoms with Crippen LogP contribution in [0.2, 0.25) is 0 Å². The molecule has 1 heteroatoms. The summed E-state index contributed by atoms with van der Waals surface area (Å²) in [6.07, 6.45) is 0.382. The van der Waals surface area contributed by atoms with Gasteiger partial charge in [-0.25, -0.2) is 0 Å². The molecule has 0 amide bonds. The molecule has 1 fully saturated rings. The first-order valence-electron chi connectivity index (χ1n) is 3.92. The molecule has 0 aromatic carbocycles. The van der Waals surface area contributed by atoms with Gasteiger partial charge >= 0.3 is 0 Å². The monoisotopic (exact) mass is 140 g/mol. The second-order valence-electron chi connectivity index (χ2n) is 3.44. The minimum absolute atomic E-state index is 0.382. The summed E-state index contributed by atoms with van der Waals surface area (Å²) in [5.41, 5.74) is 1.27. The number of rotatable bonds is 1. The molecule has 0 N–H and O–H groups in total. The van der Waals surface area contributed by atoms with E-state index in [1.54, 1.807) is 0 Å². The lowest BCUT2D eigenvalue weighted by atomic mass is 9.87. The van der Waals surface area contributed by atoms with Crippen molar-refractivity contribution in [1.29, 1.82) is 0 Å². The van der Waals surface area contributed by atoms with Crippen molar-refractivity contribution in [3.8, 4) is 0 Å². The Balaban J connectivity index is 2.63. The highest BCUT2D eigenvalue weighted by atomic mass is 16.5. The van der Waals surface area contributed by atoms with Crippen LogP contribution in [0.5, 0.6) is 0 Å². The molecule has 1 saturated heterocycles. The van der Waals surface area contributed by atoms with Gasteiger partial charge in [0, 0.05) is 5.92 Å². The van der Waals surface area contributed by atoms with Crippen LogP contribution in [0, 0.1) is 11.8 Å². The zero-order valence-electron chi connectivity index (χ0n) is 7.05. The van der Waals surface area contributed by atoms with Gasteiger partial charge in [-0.15, -0.1) is 0 Å². The van der Waals surface area contributed by atoms with Crippen molar-refractivity contribution in [3.63, 3.8) is 0 Å². The van der Waals surface area contributed by atoms with Crippen LogP contribution in [0.25, 0.3) is 0 Å². The molecule has 0 aromatic heterocycles. The highest BCUT2D eigenvalue weighted by Crippen LogP contribution is 2.30. The summed E-state index contributed by atoms with van der Waals surface area (Å²) in [4.78, 5) is 0. The van der Waals surface area contributed by atoms with Crippen molar-refractivity contribution in [2.75, 3.05) is 6.61 Å². The molecule has 1 rings (SSSR count). The maximum absolute atomic E-state index is 5.44. The number of hydrogen-bond donors (Lipinski definition) is 0. The Bertz CT molecular complexity index is 138. The van der Waals surface area contributed by atoms with Crippen LogP contribution in [-0.4, -0.2) is 12.7 Å². The summed E-state index contributed by atoms with van der Waals surface area (Å²) in [7, 11) is 0. The van der Waals surface area contributed by atoms with Crippen LogP contribution in [0.3, 0.4) is 0 Å². The molecule has 0 aliphatic carbocycles. The van der Waals surface area contributed by atoms with Crippen LogP contribution in [0.15, 0.2) is 12.2 Å². The van der Waals surface area contributed by atoms with Gasteiger partial charge in [-0.2, -0.15) is 0 Å². The lowest BCUT2D eigenvalue weighted by molar-refractivity contribution is 0.0947. The van der Waals surface area contributed by atoms with E-state index in [9.17, 15) is 0 Å². The van der Waals surface area contributed by atoms with Gasteiger partial charge in [0.15, 0.2) is 0 Å². The fourth-order valence-corrected chi connectivity index (χ4v) is 1.78. The Labute approximate surface area is 63.1 Å². The largest absolute Gasteiger partial charge is 0.374 e. The number of ether oxygens (including phenoxy) is 1. The summed E-state index contributed by atoms with van der Waals surface area (Å²) in [5.74, 6) is 1.25. The fraction of sp³-hybridized carbons (Fsp3) is 0.778. The van der Waals surface area contributed by atoms with E-state index in [0.717, 1.165) is 6.61 Å². The molecule has 2 atom stereocenters. The highest BCUT2D eigenvalue weighted by Gasteiger charge is 2.29. The summed E-state index contributed by atoms with van der Waals surface area (Å²) >= 11 is 0. The van der Waals surface area contributed by atoms with Crippen LogP contribution in [-0.2, 0) is 4.74 Å². The Kier molecular flexibility index (Phi) is 2.14. The van der Waals surface area contributed by atoms with Crippen molar-refractivity contribution in [1.82, 2.24) is 0 Å². The van der Waals surface area contributed by atoms with Crippen molar-refractivity contribution in [2.45, 2.75) is 26.9 Å². The van der Waals surface area contributed by atoms with Crippen molar-refractivity contribution >= 4 is 0 Å². The van der Waals surface area contributed by atoms with Gasteiger partial charge in [-0.3, -0.25) is 0 Å². The van der Waals surface area contributed by atoms with E-state index in [0.29, 0.717) is 17.9 Å². The Morgan fingerprint density at radius 3 is 2.40 bits per heavy atom. The van der Waals surface area contributed by atoms with Gasteiger partial charge in [-0.1, -0.05) is 20.4 Å². The first-order chi connectivity index (χ1) is 4.63. The van der Waals surface area contributed by atoms with Crippen LogP contribution in [0.4, 0.5) is 0 Å². The normalized spacial score (nSPS) is 33.8. The van der Waals surface area contributed by atoms with Gasteiger partial charge in [0.25, 0.3) is 0 Å². The highest BCUT2D eigenvalue weighted by molar-refractivity contribution is 5.08. The molecule has 1 aliphatic heterocycles. The zero-order chi connectivity index (χ0) is 7.72. The molecule has 0 bridgehead atoms. The number of hydrogen-bond acceptors (Lipinski definition) is 1. The standard InChI is InChI=1S/C9H16O/c1-6(2)9-7(3)5-10-8(9)4/h6,8-9H,3,5H2,1-2,4H3/t8-,9+/m1/s1. The average Bonchev–Trinajstić information content (AvgIpc) is 2.11. The van der Waals surface area contributed by atoms with E-state index in [4.69, 9.17) is 4.74 Å². The lowest BCUT2D eigenvalue weighted by Crippen LogP contribution is -2.17. The van der Waals surface area contributed by atoms with Crippen LogP contribution < -0.4 is 0 Å². The van der Waals surface area contributed by atoms with Crippen molar-refractivity contribution in [2.24, 2.45) is 11.8 Å². The minimum atomic E-state index is 0.382. The van der Waals surface area contributed by atoms with Gasteiger partial charge < -0.3 is 4.74 Å². The van der Waals surface area contributed by atoms with E-state index in [1.165, 1.54) is 5.57 Å². The predicted octanol–water partition coefficient (Wildman–Crippen LogP) is 2.23. The third-order valence-electron chi connectivity index (χ3n) is 2.23. The zero-order valence-corrected chi connectivity index (χ0v) is 7.05. The molecule has 0 saturated carbocycles. The molecule has 1 heterocycles. The molecule has 58 valence electrons. The van der Waals surface area contributed by atoms with E-state index in [2.05, 4.69) is 27.4 Å². The average molecular weight is 140 g/mol. The lowest BCUT2D eigenvalue weighted by Gasteiger charge is -2.18. The summed E-state index contributed by atoms with van der Waals surface area (Å²) < 4.78 is 5.44.